The van der Waals surface area contributed by atoms with Crippen molar-refractivity contribution in [2.45, 2.75) is 68.9 Å². The summed E-state index contributed by atoms with van der Waals surface area (Å²) in [5, 5.41) is 10.4. The van der Waals surface area contributed by atoms with Gasteiger partial charge in [0.25, 0.3) is 17.7 Å². The van der Waals surface area contributed by atoms with Gasteiger partial charge in [0.05, 0.1) is 17.7 Å². The van der Waals surface area contributed by atoms with Gasteiger partial charge in [-0.05, 0) is 87.7 Å². The molecule has 6 heterocycles. The Labute approximate surface area is 259 Å². The number of primary amides is 1. The number of anilines is 1. The minimum Gasteiger partial charge on any atom is -0.492 e. The Bertz CT molecular complexity index is 1630. The molecule has 1 atom stereocenters. The molecule has 2 aromatic rings. The number of nitrogens with two attached hydrogens (primary N) is 1. The van der Waals surface area contributed by atoms with E-state index in [-0.39, 0.29) is 29.5 Å². The zero-order valence-corrected chi connectivity index (χ0v) is 24.9. The first kappa shape index (κ1) is 28.1. The Balaban J connectivity index is 0.893. The summed E-state index contributed by atoms with van der Waals surface area (Å²) in [5.41, 5.74) is 7.18. The number of ether oxygens (including phenoxy) is 1. The maximum absolute atomic E-state index is 13.4. The van der Waals surface area contributed by atoms with Crippen molar-refractivity contribution in [3.05, 3.63) is 46.6 Å². The Morgan fingerprint density at radius 3 is 2.29 bits per heavy atom. The second-order valence-corrected chi connectivity index (χ2v) is 13.6. The molecule has 1 aromatic heterocycles. The van der Waals surface area contributed by atoms with Crippen LogP contribution < -0.4 is 20.7 Å². The third-order valence-corrected chi connectivity index (χ3v) is 11.3. The van der Waals surface area contributed by atoms with Gasteiger partial charge in [-0.1, -0.05) is 0 Å². The van der Waals surface area contributed by atoms with Crippen molar-refractivity contribution >= 4 is 35.4 Å². The van der Waals surface area contributed by atoms with E-state index in [0.29, 0.717) is 29.4 Å². The minimum absolute atomic E-state index is 0.0901. The molecule has 13 nitrogen and oxygen atoms in total. The van der Waals surface area contributed by atoms with E-state index in [1.807, 2.05) is 12.1 Å². The van der Waals surface area contributed by atoms with Gasteiger partial charge in [0, 0.05) is 36.5 Å². The Morgan fingerprint density at radius 1 is 0.933 bits per heavy atom. The summed E-state index contributed by atoms with van der Waals surface area (Å²) < 4.78 is 6.15. The predicted octanol–water partition coefficient (Wildman–Crippen LogP) is 1.15. The van der Waals surface area contributed by atoms with Gasteiger partial charge in [0.15, 0.2) is 11.5 Å². The van der Waals surface area contributed by atoms with Crippen molar-refractivity contribution in [3.63, 3.8) is 0 Å². The van der Waals surface area contributed by atoms with Gasteiger partial charge in [-0.3, -0.25) is 34.2 Å². The van der Waals surface area contributed by atoms with Crippen molar-refractivity contribution in [3.8, 4) is 5.75 Å². The highest BCUT2D eigenvalue weighted by Crippen LogP contribution is 2.53. The number of imide groups is 2. The van der Waals surface area contributed by atoms with Gasteiger partial charge < -0.3 is 20.3 Å². The van der Waals surface area contributed by atoms with Crippen molar-refractivity contribution in [2.75, 3.05) is 37.7 Å². The van der Waals surface area contributed by atoms with Crippen LogP contribution in [0.5, 0.6) is 5.75 Å². The van der Waals surface area contributed by atoms with Gasteiger partial charge in [-0.15, -0.1) is 10.2 Å². The number of aromatic nitrogens is 2. The van der Waals surface area contributed by atoms with Crippen LogP contribution in [0, 0.1) is 5.41 Å². The van der Waals surface area contributed by atoms with Crippen LogP contribution in [0.4, 0.5) is 5.82 Å². The molecule has 3 saturated heterocycles. The van der Waals surface area contributed by atoms with Gasteiger partial charge in [-0.25, -0.2) is 0 Å². The molecule has 0 bridgehead atoms. The summed E-state index contributed by atoms with van der Waals surface area (Å²) in [6, 6.07) is 6.54. The van der Waals surface area contributed by atoms with Crippen LogP contribution in [0.1, 0.15) is 88.1 Å². The molecule has 1 aliphatic carbocycles. The number of carbonyl (C=O) groups excluding carboxylic acids is 5. The lowest BCUT2D eigenvalue weighted by atomic mass is 9.59. The number of amides is 5. The molecule has 5 amide bonds. The highest BCUT2D eigenvalue weighted by Gasteiger charge is 2.52. The summed E-state index contributed by atoms with van der Waals surface area (Å²) in [6.07, 6.45) is 6.64. The first-order valence-electron chi connectivity index (χ1n) is 15.8. The molecule has 0 radical (unpaired) electrons. The molecule has 13 heteroatoms. The molecule has 4 fully saturated rings. The van der Waals surface area contributed by atoms with Crippen molar-refractivity contribution in [1.29, 1.82) is 0 Å². The molecule has 1 aromatic carbocycles. The highest BCUT2D eigenvalue weighted by atomic mass is 16.5. The molecule has 45 heavy (non-hydrogen) atoms. The van der Waals surface area contributed by atoms with E-state index in [0.717, 1.165) is 68.1 Å². The zero-order chi connectivity index (χ0) is 31.1. The lowest BCUT2D eigenvalue weighted by Gasteiger charge is -2.56. The van der Waals surface area contributed by atoms with Gasteiger partial charge >= 0.3 is 0 Å². The van der Waals surface area contributed by atoms with Gasteiger partial charge in [0.1, 0.15) is 11.8 Å². The fourth-order valence-corrected chi connectivity index (χ4v) is 8.50. The average Bonchev–Trinajstić information content (AvgIpc) is 3.49. The third kappa shape index (κ3) is 4.42. The van der Waals surface area contributed by atoms with Crippen LogP contribution in [0.15, 0.2) is 24.3 Å². The van der Waals surface area contributed by atoms with Crippen LogP contribution >= 0.6 is 0 Å². The summed E-state index contributed by atoms with van der Waals surface area (Å²) in [4.78, 5) is 68.0. The second-order valence-electron chi connectivity index (χ2n) is 13.6. The van der Waals surface area contributed by atoms with E-state index in [1.54, 1.807) is 12.1 Å². The lowest BCUT2D eigenvalue weighted by molar-refractivity contribution is -0.136. The number of likely N-dealkylation sites (tertiary alicyclic amines) is 1. The number of hydrogen-bond acceptors (Lipinski definition) is 10. The molecule has 5 aliphatic heterocycles. The molecule has 6 aliphatic rings. The number of rotatable bonds is 4. The highest BCUT2D eigenvalue weighted by molar-refractivity contribution is 6.23. The number of nitrogens with one attached hydrogen (secondary N) is 1. The summed E-state index contributed by atoms with van der Waals surface area (Å²) in [6.45, 7) is 4.27. The van der Waals surface area contributed by atoms with E-state index >= 15 is 0 Å². The van der Waals surface area contributed by atoms with E-state index in [4.69, 9.17) is 10.5 Å². The monoisotopic (exact) mass is 613 g/mol. The molecule has 1 saturated carbocycles. The smallest absolute Gasteiger partial charge is 0.269 e. The summed E-state index contributed by atoms with van der Waals surface area (Å²) >= 11 is 0. The van der Waals surface area contributed by atoms with Crippen molar-refractivity contribution < 1.29 is 28.7 Å². The number of benzene rings is 1. The fourth-order valence-electron chi connectivity index (χ4n) is 8.50. The van der Waals surface area contributed by atoms with Gasteiger partial charge in [-0.2, -0.15) is 0 Å². The van der Waals surface area contributed by atoms with Crippen LogP contribution in [0.25, 0.3) is 0 Å². The maximum atomic E-state index is 13.4. The van der Waals surface area contributed by atoms with Gasteiger partial charge in [0.2, 0.25) is 11.8 Å². The minimum atomic E-state index is -0.982. The molecule has 8 rings (SSSR count). The third-order valence-electron chi connectivity index (χ3n) is 11.3. The molecular weight excluding hydrogens is 578 g/mol. The van der Waals surface area contributed by atoms with Crippen LogP contribution in [-0.4, -0.2) is 94.4 Å². The maximum Gasteiger partial charge on any atom is 0.269 e. The summed E-state index contributed by atoms with van der Waals surface area (Å²) in [5.74, 6) is -1.13. The largest absolute Gasteiger partial charge is 0.492 e. The lowest BCUT2D eigenvalue weighted by Crippen LogP contribution is -2.57. The normalized spacial score (nSPS) is 25.6. The number of nitrogens with zero attached hydrogens (tertiary/aromatic N) is 5. The standard InChI is InChI=1S/C32H35N7O6/c33-27(41)22-1-3-25(36-35-22)38-9-5-31(6-10-38)15-18(16-31)37-11-7-32(8-12-37)17-45-24-14-20-19(13-21(24)32)29(43)39(30(20)44)23-2-4-26(40)34-28(23)42/h1,3,13-14,18,23H,2,4-12,15-17H2,(H2,33,41)(H,34,40,42). The van der Waals surface area contributed by atoms with Crippen molar-refractivity contribution in [2.24, 2.45) is 11.1 Å². The Morgan fingerprint density at radius 2 is 1.64 bits per heavy atom. The van der Waals surface area contributed by atoms with E-state index < -0.39 is 35.6 Å². The van der Waals surface area contributed by atoms with Crippen molar-refractivity contribution in [1.82, 2.24) is 25.3 Å². The zero-order valence-electron chi connectivity index (χ0n) is 24.9. The first-order chi connectivity index (χ1) is 21.7. The SMILES string of the molecule is NC(=O)c1ccc(N2CCC3(CC2)CC(N2CCC4(CC2)COc2cc5c(cc24)C(=O)N(C2CCC(=O)NC2=O)C5=O)C3)nn1. The van der Waals surface area contributed by atoms with Crippen LogP contribution in [0.2, 0.25) is 0 Å². The van der Waals surface area contributed by atoms with Crippen LogP contribution in [-0.2, 0) is 15.0 Å². The van der Waals surface area contributed by atoms with E-state index in [9.17, 15) is 24.0 Å². The number of hydrogen-bond donors (Lipinski definition) is 2. The number of fused-ring (bicyclic) bond motifs is 3. The summed E-state index contributed by atoms with van der Waals surface area (Å²) in [7, 11) is 0. The second kappa shape index (κ2) is 10.1. The first-order valence-corrected chi connectivity index (χ1v) is 15.8. The molecule has 234 valence electrons. The Kier molecular flexibility index (Phi) is 6.28. The van der Waals surface area contributed by atoms with E-state index in [2.05, 4.69) is 25.3 Å². The molecule has 1 unspecified atom stereocenters. The predicted molar refractivity (Wildman–Crippen MR) is 159 cm³/mol. The average molecular weight is 614 g/mol. The topological polar surface area (TPSA) is 168 Å². The number of piperidine rings is 3. The van der Waals surface area contributed by atoms with E-state index in [1.165, 1.54) is 12.8 Å². The molecular formula is C32H35N7O6. The fraction of sp³-hybridized carbons (Fsp3) is 0.531. The quantitative estimate of drug-likeness (QED) is 0.478. The number of carbonyl (C=O) groups is 5. The molecule has 3 N–H and O–H groups in total. The molecule has 2 spiro atoms. The van der Waals surface area contributed by atoms with Crippen LogP contribution in [0.3, 0.4) is 0 Å². The Hall–Kier alpha value is -4.39.